The first-order chi connectivity index (χ1) is 15.1. The van der Waals surface area contributed by atoms with Gasteiger partial charge in [0.2, 0.25) is 0 Å². The number of urea groups is 1. The maximum absolute atomic E-state index is 13.5. The van der Waals surface area contributed by atoms with E-state index in [0.29, 0.717) is 13.2 Å². The summed E-state index contributed by atoms with van der Waals surface area (Å²) in [5, 5.41) is 3.09. The molecule has 0 aromatic heterocycles. The Hall–Kier alpha value is -2.79. The molecule has 0 radical (unpaired) electrons. The van der Waals surface area contributed by atoms with Crippen LogP contribution in [0.2, 0.25) is 0 Å². The standard InChI is InChI=1S/C26H27BrN2O2/c1-2-31-23-16-10-19(11-17-23)18-29(26(30)28-22-14-12-21(27)13-15-22)25-9-5-7-20-6-3-4-8-24(20)25/h3-4,6,8,10-17,25H,2,5,7,9,18H2,1H3,(H,28,30). The van der Waals surface area contributed by atoms with E-state index in [2.05, 4.69) is 45.5 Å². The van der Waals surface area contributed by atoms with Crippen LogP contribution in [0.3, 0.4) is 0 Å². The number of benzene rings is 3. The second-order valence-corrected chi connectivity index (χ2v) is 8.66. The molecule has 5 heteroatoms. The summed E-state index contributed by atoms with van der Waals surface area (Å²) >= 11 is 3.45. The lowest BCUT2D eigenvalue weighted by atomic mass is 9.86. The molecular formula is C26H27BrN2O2. The van der Waals surface area contributed by atoms with E-state index in [1.165, 1.54) is 11.1 Å². The smallest absolute Gasteiger partial charge is 0.322 e. The van der Waals surface area contributed by atoms with Gasteiger partial charge in [-0.15, -0.1) is 0 Å². The maximum atomic E-state index is 13.5. The van der Waals surface area contributed by atoms with Gasteiger partial charge in [-0.05, 0) is 79.3 Å². The Morgan fingerprint density at radius 3 is 2.55 bits per heavy atom. The second kappa shape index (κ2) is 10.0. The minimum atomic E-state index is -0.0853. The molecule has 4 rings (SSSR count). The summed E-state index contributed by atoms with van der Waals surface area (Å²) < 4.78 is 6.55. The van der Waals surface area contributed by atoms with Crippen molar-refractivity contribution in [3.05, 3.63) is 94.0 Å². The van der Waals surface area contributed by atoms with Gasteiger partial charge in [-0.3, -0.25) is 0 Å². The second-order valence-electron chi connectivity index (χ2n) is 7.75. The predicted molar refractivity (Wildman–Crippen MR) is 128 cm³/mol. The molecule has 4 nitrogen and oxygen atoms in total. The van der Waals surface area contributed by atoms with Gasteiger partial charge in [0.1, 0.15) is 5.75 Å². The van der Waals surface area contributed by atoms with E-state index < -0.39 is 0 Å². The predicted octanol–water partition coefficient (Wildman–Crippen LogP) is 6.96. The van der Waals surface area contributed by atoms with Crippen LogP contribution in [-0.4, -0.2) is 17.5 Å². The molecule has 0 spiro atoms. The molecule has 0 saturated heterocycles. The van der Waals surface area contributed by atoms with Crippen molar-refractivity contribution in [2.75, 3.05) is 11.9 Å². The molecule has 1 aliphatic carbocycles. The lowest BCUT2D eigenvalue weighted by Gasteiger charge is -2.36. The highest BCUT2D eigenvalue weighted by Crippen LogP contribution is 2.35. The first kappa shape index (κ1) is 21.4. The zero-order valence-electron chi connectivity index (χ0n) is 17.7. The Kier molecular flexibility index (Phi) is 6.92. The number of nitrogens with one attached hydrogen (secondary N) is 1. The third-order valence-electron chi connectivity index (χ3n) is 5.66. The fourth-order valence-electron chi connectivity index (χ4n) is 4.16. The molecule has 0 saturated carbocycles. The maximum Gasteiger partial charge on any atom is 0.322 e. The number of anilines is 1. The molecule has 31 heavy (non-hydrogen) atoms. The summed E-state index contributed by atoms with van der Waals surface area (Å²) in [7, 11) is 0. The third-order valence-corrected chi connectivity index (χ3v) is 6.19. The van der Waals surface area contributed by atoms with Crippen LogP contribution < -0.4 is 10.1 Å². The Morgan fingerprint density at radius 1 is 1.06 bits per heavy atom. The lowest BCUT2D eigenvalue weighted by molar-refractivity contribution is 0.175. The Bertz CT molecular complexity index is 1020. The van der Waals surface area contributed by atoms with Crippen LogP contribution in [0.1, 0.15) is 42.5 Å². The number of hydrogen-bond acceptors (Lipinski definition) is 2. The fourth-order valence-corrected chi connectivity index (χ4v) is 4.42. The van der Waals surface area contributed by atoms with Gasteiger partial charge in [0.25, 0.3) is 0 Å². The van der Waals surface area contributed by atoms with Crippen LogP contribution in [0.15, 0.2) is 77.3 Å². The molecule has 0 aliphatic heterocycles. The van der Waals surface area contributed by atoms with Crippen molar-refractivity contribution < 1.29 is 9.53 Å². The first-order valence-electron chi connectivity index (χ1n) is 10.8. The summed E-state index contributed by atoms with van der Waals surface area (Å²) in [5.74, 6) is 0.847. The number of rotatable bonds is 6. The minimum absolute atomic E-state index is 0.0481. The van der Waals surface area contributed by atoms with Crippen molar-refractivity contribution in [3.63, 3.8) is 0 Å². The number of fused-ring (bicyclic) bond motifs is 1. The van der Waals surface area contributed by atoms with E-state index in [4.69, 9.17) is 4.74 Å². The molecule has 0 heterocycles. The number of amides is 2. The lowest BCUT2D eigenvalue weighted by Crippen LogP contribution is -2.39. The van der Waals surface area contributed by atoms with Crippen LogP contribution >= 0.6 is 15.9 Å². The molecule has 2 amide bonds. The van der Waals surface area contributed by atoms with Crippen molar-refractivity contribution in [3.8, 4) is 5.75 Å². The number of carbonyl (C=O) groups is 1. The number of halogens is 1. The molecule has 1 atom stereocenters. The van der Waals surface area contributed by atoms with Gasteiger partial charge < -0.3 is 15.0 Å². The zero-order valence-corrected chi connectivity index (χ0v) is 19.3. The van der Waals surface area contributed by atoms with E-state index in [9.17, 15) is 4.79 Å². The average Bonchev–Trinajstić information content (AvgIpc) is 2.80. The first-order valence-corrected chi connectivity index (χ1v) is 11.6. The van der Waals surface area contributed by atoms with Gasteiger partial charge in [0.05, 0.1) is 12.6 Å². The summed E-state index contributed by atoms with van der Waals surface area (Å²) in [6, 6.07) is 24.2. The molecule has 0 bridgehead atoms. The monoisotopic (exact) mass is 478 g/mol. The molecule has 3 aromatic rings. The van der Waals surface area contributed by atoms with Gasteiger partial charge in [0.15, 0.2) is 0 Å². The molecule has 1 N–H and O–H groups in total. The van der Waals surface area contributed by atoms with E-state index in [1.807, 2.05) is 60.4 Å². The largest absolute Gasteiger partial charge is 0.494 e. The number of carbonyl (C=O) groups excluding carboxylic acids is 1. The molecule has 0 fully saturated rings. The van der Waals surface area contributed by atoms with E-state index in [0.717, 1.165) is 40.7 Å². The SMILES string of the molecule is CCOc1ccc(CN(C(=O)Nc2ccc(Br)cc2)C2CCCc3ccccc32)cc1. The quantitative estimate of drug-likeness (QED) is 0.415. The normalized spacial score (nSPS) is 15.1. The van der Waals surface area contributed by atoms with Gasteiger partial charge >= 0.3 is 6.03 Å². The zero-order chi connectivity index (χ0) is 21.6. The number of nitrogens with zero attached hydrogens (tertiary/aromatic N) is 1. The van der Waals surface area contributed by atoms with Crippen molar-refractivity contribution in [2.24, 2.45) is 0 Å². The molecule has 160 valence electrons. The van der Waals surface area contributed by atoms with Crippen LogP contribution in [0.5, 0.6) is 5.75 Å². The van der Waals surface area contributed by atoms with E-state index in [-0.39, 0.29) is 12.1 Å². The Balaban J connectivity index is 1.62. The van der Waals surface area contributed by atoms with Crippen molar-refractivity contribution in [1.29, 1.82) is 0 Å². The van der Waals surface area contributed by atoms with E-state index in [1.54, 1.807) is 0 Å². The third kappa shape index (κ3) is 5.28. The average molecular weight is 479 g/mol. The highest BCUT2D eigenvalue weighted by Gasteiger charge is 2.29. The highest BCUT2D eigenvalue weighted by atomic mass is 79.9. The molecular weight excluding hydrogens is 452 g/mol. The van der Waals surface area contributed by atoms with Crippen LogP contribution in [-0.2, 0) is 13.0 Å². The van der Waals surface area contributed by atoms with Crippen molar-refractivity contribution in [2.45, 2.75) is 38.8 Å². The molecule has 1 aliphatic rings. The van der Waals surface area contributed by atoms with Crippen molar-refractivity contribution >= 4 is 27.6 Å². The van der Waals surface area contributed by atoms with Gasteiger partial charge in [0, 0.05) is 16.7 Å². The molecule has 1 unspecified atom stereocenters. The van der Waals surface area contributed by atoms with Gasteiger partial charge in [-0.25, -0.2) is 4.79 Å². The molecule has 3 aromatic carbocycles. The number of aryl methyl sites for hydroxylation is 1. The summed E-state index contributed by atoms with van der Waals surface area (Å²) in [4.78, 5) is 15.4. The van der Waals surface area contributed by atoms with Gasteiger partial charge in [-0.2, -0.15) is 0 Å². The topological polar surface area (TPSA) is 41.6 Å². The Morgan fingerprint density at radius 2 is 1.81 bits per heavy atom. The highest BCUT2D eigenvalue weighted by molar-refractivity contribution is 9.10. The fraction of sp³-hybridized carbons (Fsp3) is 0.269. The summed E-state index contributed by atoms with van der Waals surface area (Å²) in [5.41, 5.74) is 4.46. The summed E-state index contributed by atoms with van der Waals surface area (Å²) in [6.07, 6.45) is 3.10. The number of hydrogen-bond donors (Lipinski definition) is 1. The minimum Gasteiger partial charge on any atom is -0.494 e. The number of ether oxygens (including phenoxy) is 1. The van der Waals surface area contributed by atoms with Crippen molar-refractivity contribution in [1.82, 2.24) is 4.90 Å². The van der Waals surface area contributed by atoms with Crippen LogP contribution in [0, 0.1) is 0 Å². The Labute approximate surface area is 192 Å². The van der Waals surface area contributed by atoms with E-state index >= 15 is 0 Å². The van der Waals surface area contributed by atoms with Crippen LogP contribution in [0.4, 0.5) is 10.5 Å². The summed E-state index contributed by atoms with van der Waals surface area (Å²) in [6.45, 7) is 3.15. The van der Waals surface area contributed by atoms with Crippen LogP contribution in [0.25, 0.3) is 0 Å². The van der Waals surface area contributed by atoms with Gasteiger partial charge in [-0.1, -0.05) is 52.3 Å².